The predicted octanol–water partition coefficient (Wildman–Crippen LogP) is 4.74. The largest absolute Gasteiger partial charge is 0.316 e. The summed E-state index contributed by atoms with van der Waals surface area (Å²) in [6.07, 6.45) is 1.59. The second-order valence-electron chi connectivity index (χ2n) is 3.62. The summed E-state index contributed by atoms with van der Waals surface area (Å²) in [5.74, 6) is 0.713. The molecule has 0 aliphatic heterocycles. The second-order valence-corrected chi connectivity index (χ2v) is 5.52. The minimum atomic E-state index is 0.608. The fourth-order valence-electron chi connectivity index (χ4n) is 1.51. The van der Waals surface area contributed by atoms with Crippen molar-refractivity contribution in [2.75, 3.05) is 5.32 Å². The van der Waals surface area contributed by atoms with Crippen molar-refractivity contribution in [2.45, 2.75) is 0 Å². The topological polar surface area (TPSA) is 37.8 Å². The van der Waals surface area contributed by atoms with Gasteiger partial charge in [0.05, 0.1) is 15.2 Å². The lowest BCUT2D eigenvalue weighted by Gasteiger charge is -1.99. The molecule has 0 spiro atoms. The van der Waals surface area contributed by atoms with Gasteiger partial charge in [-0.3, -0.25) is 0 Å². The fourth-order valence-corrected chi connectivity index (χ4v) is 2.77. The molecular formula is C12H7Cl2N3S. The Morgan fingerprint density at radius 3 is 2.67 bits per heavy atom. The first-order valence-corrected chi connectivity index (χ1v) is 6.73. The number of aromatic nitrogens is 2. The van der Waals surface area contributed by atoms with Crippen LogP contribution in [0.2, 0.25) is 10.0 Å². The van der Waals surface area contributed by atoms with Gasteiger partial charge in [-0.2, -0.15) is 0 Å². The van der Waals surface area contributed by atoms with Crippen LogP contribution in [-0.2, 0) is 0 Å². The first-order chi connectivity index (χ1) is 8.70. The van der Waals surface area contributed by atoms with Crippen LogP contribution in [0.25, 0.3) is 10.2 Å². The van der Waals surface area contributed by atoms with Crippen LogP contribution >= 0.6 is 34.5 Å². The van der Waals surface area contributed by atoms with Crippen LogP contribution in [0.4, 0.5) is 10.9 Å². The molecule has 0 radical (unpaired) electrons. The number of nitrogens with one attached hydrogen (secondary N) is 1. The Hall–Kier alpha value is -1.36. The Labute approximate surface area is 117 Å². The monoisotopic (exact) mass is 295 g/mol. The number of thiazole rings is 1. The molecule has 0 aliphatic rings. The van der Waals surface area contributed by atoms with E-state index in [9.17, 15) is 0 Å². The number of nitrogens with zero attached hydrogens (tertiary/aromatic N) is 2. The number of hydrogen-bond donors (Lipinski definition) is 1. The summed E-state index contributed by atoms with van der Waals surface area (Å²) in [6, 6.07) is 9.21. The summed E-state index contributed by atoms with van der Waals surface area (Å²) in [4.78, 5) is 8.61. The summed E-state index contributed by atoms with van der Waals surface area (Å²) in [5.41, 5.74) is 0.917. The molecule has 0 saturated heterocycles. The van der Waals surface area contributed by atoms with E-state index < -0.39 is 0 Å². The van der Waals surface area contributed by atoms with E-state index in [1.165, 1.54) is 11.3 Å². The molecule has 2 aromatic heterocycles. The third-order valence-electron chi connectivity index (χ3n) is 2.31. The SMILES string of the molecule is Clc1ccc(Nc2nc3ccc(Cl)cc3s2)nc1. The van der Waals surface area contributed by atoms with Crippen molar-refractivity contribution >= 4 is 55.7 Å². The summed E-state index contributed by atoms with van der Waals surface area (Å²) in [7, 11) is 0. The molecule has 1 aromatic carbocycles. The van der Waals surface area contributed by atoms with Crippen molar-refractivity contribution in [3.8, 4) is 0 Å². The van der Waals surface area contributed by atoms with Gasteiger partial charge in [-0.25, -0.2) is 9.97 Å². The van der Waals surface area contributed by atoms with Gasteiger partial charge in [0.2, 0.25) is 0 Å². The number of pyridine rings is 1. The highest BCUT2D eigenvalue weighted by Gasteiger charge is 2.05. The highest BCUT2D eigenvalue weighted by molar-refractivity contribution is 7.22. The number of hydrogen-bond acceptors (Lipinski definition) is 4. The lowest BCUT2D eigenvalue weighted by molar-refractivity contribution is 1.30. The van der Waals surface area contributed by atoms with E-state index in [-0.39, 0.29) is 0 Å². The van der Waals surface area contributed by atoms with E-state index in [1.54, 1.807) is 18.3 Å². The molecule has 0 bridgehead atoms. The Morgan fingerprint density at radius 1 is 1.06 bits per heavy atom. The van der Waals surface area contributed by atoms with Gasteiger partial charge in [-0.15, -0.1) is 0 Å². The van der Waals surface area contributed by atoms with Gasteiger partial charge in [-0.1, -0.05) is 34.5 Å². The van der Waals surface area contributed by atoms with Gasteiger partial charge in [0, 0.05) is 11.2 Å². The number of benzene rings is 1. The number of halogens is 2. The van der Waals surface area contributed by atoms with Crippen LogP contribution in [0.5, 0.6) is 0 Å². The fraction of sp³-hybridized carbons (Fsp3) is 0. The Balaban J connectivity index is 1.92. The minimum Gasteiger partial charge on any atom is -0.316 e. The third-order valence-corrected chi connectivity index (χ3v) is 3.71. The maximum atomic E-state index is 5.94. The van der Waals surface area contributed by atoms with Crippen LogP contribution in [0.1, 0.15) is 0 Å². The van der Waals surface area contributed by atoms with E-state index in [2.05, 4.69) is 15.3 Å². The summed E-state index contributed by atoms with van der Waals surface area (Å²) < 4.78 is 1.04. The first kappa shape index (κ1) is 11.7. The molecule has 90 valence electrons. The van der Waals surface area contributed by atoms with Gasteiger partial charge in [0.1, 0.15) is 5.82 Å². The molecule has 6 heteroatoms. The van der Waals surface area contributed by atoms with Gasteiger partial charge in [0.15, 0.2) is 5.13 Å². The molecule has 3 nitrogen and oxygen atoms in total. The minimum absolute atomic E-state index is 0.608. The van der Waals surface area contributed by atoms with Crippen LogP contribution in [0.3, 0.4) is 0 Å². The summed E-state index contributed by atoms with van der Waals surface area (Å²) >= 11 is 13.2. The molecule has 1 N–H and O–H groups in total. The molecule has 18 heavy (non-hydrogen) atoms. The molecule has 0 atom stereocenters. The standard InChI is InChI=1S/C12H7Cl2N3S/c13-7-1-3-9-10(5-7)18-12(16-9)17-11-4-2-8(14)6-15-11/h1-6H,(H,15,16,17). The average Bonchev–Trinajstić information content (AvgIpc) is 2.73. The molecule has 2 heterocycles. The first-order valence-electron chi connectivity index (χ1n) is 5.15. The Kier molecular flexibility index (Phi) is 3.07. The summed E-state index contributed by atoms with van der Waals surface area (Å²) in [6.45, 7) is 0. The van der Waals surface area contributed by atoms with Crippen molar-refractivity contribution in [3.63, 3.8) is 0 Å². The van der Waals surface area contributed by atoms with Crippen molar-refractivity contribution in [1.82, 2.24) is 9.97 Å². The lowest BCUT2D eigenvalue weighted by Crippen LogP contribution is -1.91. The van der Waals surface area contributed by atoms with Crippen molar-refractivity contribution in [1.29, 1.82) is 0 Å². The van der Waals surface area contributed by atoms with Crippen LogP contribution < -0.4 is 5.32 Å². The van der Waals surface area contributed by atoms with Crippen LogP contribution in [0.15, 0.2) is 36.5 Å². The zero-order valence-electron chi connectivity index (χ0n) is 9.02. The van der Waals surface area contributed by atoms with E-state index in [4.69, 9.17) is 23.2 Å². The summed E-state index contributed by atoms with van der Waals surface area (Å²) in [5, 5.41) is 5.23. The molecule has 0 unspecified atom stereocenters. The van der Waals surface area contributed by atoms with Gasteiger partial charge in [-0.05, 0) is 30.3 Å². The maximum absolute atomic E-state index is 5.94. The van der Waals surface area contributed by atoms with E-state index >= 15 is 0 Å². The number of anilines is 2. The number of rotatable bonds is 2. The van der Waals surface area contributed by atoms with E-state index in [1.807, 2.05) is 18.2 Å². The van der Waals surface area contributed by atoms with Crippen molar-refractivity contribution in [3.05, 3.63) is 46.6 Å². The molecule has 0 amide bonds. The normalized spacial score (nSPS) is 10.8. The molecule has 3 aromatic rings. The average molecular weight is 296 g/mol. The predicted molar refractivity (Wildman–Crippen MR) is 77.2 cm³/mol. The van der Waals surface area contributed by atoms with Crippen molar-refractivity contribution < 1.29 is 0 Å². The van der Waals surface area contributed by atoms with Crippen LogP contribution in [-0.4, -0.2) is 9.97 Å². The Bertz CT molecular complexity index is 694. The smallest absolute Gasteiger partial charge is 0.189 e. The van der Waals surface area contributed by atoms with Crippen molar-refractivity contribution in [2.24, 2.45) is 0 Å². The highest BCUT2D eigenvalue weighted by atomic mass is 35.5. The second kappa shape index (κ2) is 4.72. The highest BCUT2D eigenvalue weighted by Crippen LogP contribution is 2.29. The van der Waals surface area contributed by atoms with E-state index in [0.717, 1.165) is 15.3 Å². The number of fused-ring (bicyclic) bond motifs is 1. The third kappa shape index (κ3) is 2.41. The maximum Gasteiger partial charge on any atom is 0.189 e. The quantitative estimate of drug-likeness (QED) is 0.742. The molecule has 3 rings (SSSR count). The van der Waals surface area contributed by atoms with Crippen LogP contribution in [0, 0.1) is 0 Å². The lowest BCUT2D eigenvalue weighted by atomic mass is 10.3. The van der Waals surface area contributed by atoms with Gasteiger partial charge in [0.25, 0.3) is 0 Å². The van der Waals surface area contributed by atoms with Gasteiger partial charge >= 0.3 is 0 Å². The van der Waals surface area contributed by atoms with Gasteiger partial charge < -0.3 is 5.32 Å². The molecular weight excluding hydrogens is 289 g/mol. The Morgan fingerprint density at radius 2 is 1.89 bits per heavy atom. The zero-order chi connectivity index (χ0) is 12.5. The molecule has 0 fully saturated rings. The van der Waals surface area contributed by atoms with E-state index in [0.29, 0.717) is 15.9 Å². The zero-order valence-corrected chi connectivity index (χ0v) is 11.4. The molecule has 0 saturated carbocycles. The molecule has 0 aliphatic carbocycles.